The first-order valence-electron chi connectivity index (χ1n) is 10.8. The molecule has 35 heavy (non-hydrogen) atoms. The van der Waals surface area contributed by atoms with Crippen LogP contribution in [0.15, 0.2) is 51.9 Å². The second kappa shape index (κ2) is 9.92. The molecule has 1 aliphatic heterocycles. The second-order valence-corrected chi connectivity index (χ2v) is 10.1. The van der Waals surface area contributed by atoms with Crippen LogP contribution >= 0.6 is 0 Å². The molecule has 3 heterocycles. The van der Waals surface area contributed by atoms with Gasteiger partial charge in [0, 0.05) is 19.4 Å². The Kier molecular flexibility index (Phi) is 6.94. The normalized spacial score (nSPS) is 15.5. The number of carbonyl (C=O) groups excluding carboxylic acids is 2. The number of hydrogen-bond donors (Lipinski definition) is 2. The summed E-state index contributed by atoms with van der Waals surface area (Å²) in [7, 11) is -2.58. The van der Waals surface area contributed by atoms with Gasteiger partial charge in [0.15, 0.2) is 20.3 Å². The van der Waals surface area contributed by atoms with E-state index in [4.69, 9.17) is 24.4 Å². The van der Waals surface area contributed by atoms with Gasteiger partial charge in [-0.15, -0.1) is 0 Å². The molecule has 0 atom stereocenters. The van der Waals surface area contributed by atoms with Crippen molar-refractivity contribution in [2.75, 3.05) is 33.5 Å². The number of benzene rings is 1. The molecule has 1 saturated heterocycles. The third-order valence-corrected chi connectivity index (χ3v) is 8.42. The van der Waals surface area contributed by atoms with Gasteiger partial charge in [0.1, 0.15) is 12.4 Å². The standard InChI is InChI=1S/C23H25N3O8S/c1-31-18-17-3-2-10-26-21(17)34-19(18)20(27)25-11-14-33-15-4-6-16(7-5-15)35(29,30)23(22(24)28)8-12-32-13-9-23/h2-7,10H,8-9,11-14H2,1H3,(H2,24,28)(H,25,27). The number of rotatable bonds is 9. The van der Waals surface area contributed by atoms with Gasteiger partial charge in [-0.2, -0.15) is 0 Å². The molecule has 2 amide bonds. The van der Waals surface area contributed by atoms with E-state index in [1.807, 2.05) is 0 Å². The summed E-state index contributed by atoms with van der Waals surface area (Å²) in [4.78, 5) is 28.7. The first kappa shape index (κ1) is 24.5. The lowest BCUT2D eigenvalue weighted by atomic mass is 9.98. The summed E-state index contributed by atoms with van der Waals surface area (Å²) < 4.78 is 46.3. The molecular weight excluding hydrogens is 478 g/mol. The van der Waals surface area contributed by atoms with Gasteiger partial charge in [0.25, 0.3) is 5.91 Å². The van der Waals surface area contributed by atoms with Crippen LogP contribution in [0.25, 0.3) is 11.1 Å². The fourth-order valence-corrected chi connectivity index (χ4v) is 5.88. The predicted molar refractivity (Wildman–Crippen MR) is 124 cm³/mol. The van der Waals surface area contributed by atoms with E-state index in [1.54, 1.807) is 18.3 Å². The molecule has 0 aliphatic carbocycles. The van der Waals surface area contributed by atoms with Gasteiger partial charge < -0.3 is 29.7 Å². The number of carbonyl (C=O) groups is 2. The van der Waals surface area contributed by atoms with E-state index in [-0.39, 0.29) is 49.9 Å². The number of nitrogens with zero attached hydrogens (tertiary/aromatic N) is 1. The van der Waals surface area contributed by atoms with Gasteiger partial charge in [-0.3, -0.25) is 9.59 Å². The summed E-state index contributed by atoms with van der Waals surface area (Å²) in [5, 5.41) is 3.26. The lowest BCUT2D eigenvalue weighted by Gasteiger charge is -2.33. The Morgan fingerprint density at radius 1 is 1.17 bits per heavy atom. The third-order valence-electron chi connectivity index (χ3n) is 5.89. The number of nitrogens with one attached hydrogen (secondary N) is 1. The maximum absolute atomic E-state index is 13.2. The average Bonchev–Trinajstić information content (AvgIpc) is 3.26. The quantitative estimate of drug-likeness (QED) is 0.412. The first-order chi connectivity index (χ1) is 16.8. The zero-order chi connectivity index (χ0) is 25.1. The molecular formula is C23H25N3O8S. The van der Waals surface area contributed by atoms with Gasteiger partial charge in [0.2, 0.25) is 17.4 Å². The molecule has 1 fully saturated rings. The highest BCUT2D eigenvalue weighted by Crippen LogP contribution is 2.35. The molecule has 186 valence electrons. The van der Waals surface area contributed by atoms with Crippen molar-refractivity contribution in [1.82, 2.24) is 10.3 Å². The second-order valence-electron chi connectivity index (χ2n) is 7.87. The topological polar surface area (TPSA) is 160 Å². The van der Waals surface area contributed by atoms with E-state index < -0.39 is 26.4 Å². The molecule has 0 radical (unpaired) electrons. The summed E-state index contributed by atoms with van der Waals surface area (Å²) in [6.07, 6.45) is 1.57. The molecule has 4 rings (SSSR count). The number of amides is 2. The van der Waals surface area contributed by atoms with Crippen molar-refractivity contribution in [2.45, 2.75) is 22.5 Å². The van der Waals surface area contributed by atoms with Crippen molar-refractivity contribution in [1.29, 1.82) is 0 Å². The van der Waals surface area contributed by atoms with Crippen molar-refractivity contribution >= 4 is 32.8 Å². The number of nitrogens with two attached hydrogens (primary N) is 1. The van der Waals surface area contributed by atoms with Crippen LogP contribution in [0.5, 0.6) is 11.5 Å². The summed E-state index contributed by atoms with van der Waals surface area (Å²) in [6.45, 7) is 0.551. The molecule has 1 aliphatic rings. The van der Waals surface area contributed by atoms with Crippen LogP contribution in [0.4, 0.5) is 0 Å². The zero-order valence-corrected chi connectivity index (χ0v) is 19.8. The maximum Gasteiger partial charge on any atom is 0.291 e. The number of hydrogen-bond acceptors (Lipinski definition) is 9. The first-order valence-corrected chi connectivity index (χ1v) is 12.3. The highest BCUT2D eigenvalue weighted by atomic mass is 32.2. The van der Waals surface area contributed by atoms with Gasteiger partial charge >= 0.3 is 0 Å². The number of pyridine rings is 1. The van der Waals surface area contributed by atoms with E-state index in [0.717, 1.165) is 0 Å². The average molecular weight is 504 g/mol. The summed E-state index contributed by atoms with van der Waals surface area (Å²) in [5.74, 6) is -0.676. The van der Waals surface area contributed by atoms with Crippen molar-refractivity contribution in [3.8, 4) is 11.5 Å². The van der Waals surface area contributed by atoms with E-state index in [1.165, 1.54) is 31.4 Å². The van der Waals surface area contributed by atoms with Gasteiger partial charge in [-0.1, -0.05) is 0 Å². The van der Waals surface area contributed by atoms with E-state index in [0.29, 0.717) is 22.6 Å². The highest BCUT2D eigenvalue weighted by molar-refractivity contribution is 7.93. The Balaban J connectivity index is 1.36. The van der Waals surface area contributed by atoms with Crippen LogP contribution in [0, 0.1) is 0 Å². The van der Waals surface area contributed by atoms with E-state index >= 15 is 0 Å². The Morgan fingerprint density at radius 3 is 2.54 bits per heavy atom. The molecule has 11 nitrogen and oxygen atoms in total. The lowest BCUT2D eigenvalue weighted by molar-refractivity contribution is -0.122. The lowest BCUT2D eigenvalue weighted by Crippen LogP contribution is -2.53. The van der Waals surface area contributed by atoms with Crippen LogP contribution in [0.2, 0.25) is 0 Å². The molecule has 3 N–H and O–H groups in total. The largest absolute Gasteiger partial charge is 0.492 e. The van der Waals surface area contributed by atoms with Crippen molar-refractivity contribution in [2.24, 2.45) is 5.73 Å². The third kappa shape index (κ3) is 4.54. The molecule has 0 spiro atoms. The van der Waals surface area contributed by atoms with Gasteiger partial charge in [-0.25, -0.2) is 13.4 Å². The summed E-state index contributed by atoms with van der Waals surface area (Å²) >= 11 is 0. The van der Waals surface area contributed by atoms with Crippen LogP contribution in [-0.4, -0.2) is 63.4 Å². The number of fused-ring (bicyclic) bond motifs is 1. The number of ether oxygens (including phenoxy) is 3. The minimum Gasteiger partial charge on any atom is -0.492 e. The minimum atomic E-state index is -4.02. The predicted octanol–water partition coefficient (Wildman–Crippen LogP) is 1.45. The molecule has 0 unspecified atom stereocenters. The number of methoxy groups -OCH3 is 1. The summed E-state index contributed by atoms with van der Waals surface area (Å²) in [5.41, 5.74) is 5.78. The molecule has 3 aromatic rings. The number of primary amides is 1. The Morgan fingerprint density at radius 2 is 1.89 bits per heavy atom. The fourth-order valence-electron chi connectivity index (χ4n) is 3.97. The zero-order valence-electron chi connectivity index (χ0n) is 19.0. The highest BCUT2D eigenvalue weighted by Gasteiger charge is 2.51. The van der Waals surface area contributed by atoms with Crippen molar-refractivity contribution < 1.29 is 36.6 Å². The smallest absolute Gasteiger partial charge is 0.291 e. The molecule has 12 heteroatoms. The monoisotopic (exact) mass is 503 g/mol. The Hall–Kier alpha value is -3.64. The van der Waals surface area contributed by atoms with Crippen LogP contribution < -0.4 is 20.5 Å². The van der Waals surface area contributed by atoms with E-state index in [2.05, 4.69) is 10.3 Å². The maximum atomic E-state index is 13.2. The Labute approximate surface area is 201 Å². The van der Waals surface area contributed by atoms with Crippen molar-refractivity contribution in [3.63, 3.8) is 0 Å². The van der Waals surface area contributed by atoms with Gasteiger partial charge in [-0.05, 0) is 49.2 Å². The minimum absolute atomic E-state index is 0.00672. The van der Waals surface area contributed by atoms with Gasteiger partial charge in [0.05, 0.1) is 23.9 Å². The number of aromatic nitrogens is 1. The molecule has 2 aromatic heterocycles. The van der Waals surface area contributed by atoms with Crippen LogP contribution in [0.3, 0.4) is 0 Å². The molecule has 1 aromatic carbocycles. The number of furan rings is 1. The summed E-state index contributed by atoms with van der Waals surface area (Å²) in [6, 6.07) is 9.16. The van der Waals surface area contributed by atoms with Crippen LogP contribution in [-0.2, 0) is 19.4 Å². The molecule has 0 bridgehead atoms. The number of sulfone groups is 1. The fraction of sp³-hybridized carbons (Fsp3) is 0.348. The van der Waals surface area contributed by atoms with E-state index in [9.17, 15) is 18.0 Å². The molecule has 0 saturated carbocycles. The SMILES string of the molecule is COc1c(C(=O)NCCOc2ccc(S(=O)(=O)C3(C(N)=O)CCOCC3)cc2)oc2ncccc12. The van der Waals surface area contributed by atoms with Crippen molar-refractivity contribution in [3.05, 3.63) is 48.4 Å². The Bertz CT molecular complexity index is 1330. The van der Waals surface area contributed by atoms with Crippen LogP contribution in [0.1, 0.15) is 23.4 Å².